The Bertz CT molecular complexity index is 541. The van der Waals surface area contributed by atoms with Gasteiger partial charge in [0.05, 0.1) is 18.4 Å². The number of benzene rings is 1. The van der Waals surface area contributed by atoms with Gasteiger partial charge in [0.15, 0.2) is 0 Å². The zero-order valence-corrected chi connectivity index (χ0v) is 11.2. The molecule has 0 aliphatic rings. The van der Waals surface area contributed by atoms with Gasteiger partial charge < -0.3 is 15.1 Å². The predicted molar refractivity (Wildman–Crippen MR) is 74.7 cm³/mol. The molecule has 0 aliphatic carbocycles. The van der Waals surface area contributed by atoms with Gasteiger partial charge in [-0.3, -0.25) is 4.79 Å². The molecular weight excluding hydrogens is 240 g/mol. The molecule has 0 atom stereocenters. The highest BCUT2D eigenvalue weighted by Gasteiger charge is 2.19. The standard InChI is InChI=1S/C15H18N2O2/c1-3-17(10-12-7-5-9-19-12)15(18)14-11(2)6-4-8-13(14)16/h4-9H,3,10,16H2,1-2H3. The van der Waals surface area contributed by atoms with Gasteiger partial charge in [-0.1, -0.05) is 12.1 Å². The smallest absolute Gasteiger partial charge is 0.256 e. The molecule has 1 aromatic heterocycles. The first-order valence-corrected chi connectivity index (χ1v) is 6.30. The van der Waals surface area contributed by atoms with Crippen molar-refractivity contribution in [2.45, 2.75) is 20.4 Å². The van der Waals surface area contributed by atoms with E-state index in [1.54, 1.807) is 17.2 Å². The van der Waals surface area contributed by atoms with Crippen molar-refractivity contribution in [3.8, 4) is 0 Å². The van der Waals surface area contributed by atoms with E-state index in [1.165, 1.54) is 0 Å². The van der Waals surface area contributed by atoms with E-state index in [9.17, 15) is 4.79 Å². The van der Waals surface area contributed by atoms with Crippen LogP contribution in [0.15, 0.2) is 41.0 Å². The maximum absolute atomic E-state index is 12.5. The average Bonchev–Trinajstić information content (AvgIpc) is 2.88. The molecule has 0 bridgehead atoms. The molecule has 0 spiro atoms. The second kappa shape index (κ2) is 5.61. The number of nitrogen functional groups attached to an aromatic ring is 1. The lowest BCUT2D eigenvalue weighted by Gasteiger charge is -2.21. The maximum Gasteiger partial charge on any atom is 0.256 e. The second-order valence-corrected chi connectivity index (χ2v) is 4.44. The van der Waals surface area contributed by atoms with E-state index in [4.69, 9.17) is 10.2 Å². The highest BCUT2D eigenvalue weighted by molar-refractivity contribution is 6.00. The quantitative estimate of drug-likeness (QED) is 0.858. The lowest BCUT2D eigenvalue weighted by atomic mass is 10.1. The van der Waals surface area contributed by atoms with Crippen LogP contribution >= 0.6 is 0 Å². The number of nitrogens with zero attached hydrogens (tertiary/aromatic N) is 1. The predicted octanol–water partition coefficient (Wildman–Crippen LogP) is 2.83. The maximum atomic E-state index is 12.5. The van der Waals surface area contributed by atoms with E-state index in [0.29, 0.717) is 24.3 Å². The summed E-state index contributed by atoms with van der Waals surface area (Å²) >= 11 is 0. The van der Waals surface area contributed by atoms with Gasteiger partial charge in [0.2, 0.25) is 0 Å². The van der Waals surface area contributed by atoms with E-state index in [-0.39, 0.29) is 5.91 Å². The number of nitrogens with two attached hydrogens (primary N) is 1. The summed E-state index contributed by atoms with van der Waals surface area (Å²) in [6.45, 7) is 4.89. The molecule has 4 nitrogen and oxygen atoms in total. The fraction of sp³-hybridized carbons (Fsp3) is 0.267. The van der Waals surface area contributed by atoms with Crippen molar-refractivity contribution in [2.24, 2.45) is 0 Å². The van der Waals surface area contributed by atoms with Crippen LogP contribution in [0.3, 0.4) is 0 Å². The van der Waals surface area contributed by atoms with Gasteiger partial charge in [0, 0.05) is 12.2 Å². The number of carbonyl (C=O) groups excluding carboxylic acids is 1. The number of anilines is 1. The molecule has 0 unspecified atom stereocenters. The Morgan fingerprint density at radius 2 is 2.11 bits per heavy atom. The van der Waals surface area contributed by atoms with Gasteiger partial charge in [-0.15, -0.1) is 0 Å². The van der Waals surface area contributed by atoms with Crippen molar-refractivity contribution in [2.75, 3.05) is 12.3 Å². The van der Waals surface area contributed by atoms with Crippen molar-refractivity contribution in [1.82, 2.24) is 4.90 Å². The number of rotatable bonds is 4. The fourth-order valence-corrected chi connectivity index (χ4v) is 2.06. The molecule has 1 aromatic carbocycles. The zero-order valence-electron chi connectivity index (χ0n) is 11.2. The number of furan rings is 1. The summed E-state index contributed by atoms with van der Waals surface area (Å²) in [6, 6.07) is 9.17. The molecule has 1 heterocycles. The number of hydrogen-bond donors (Lipinski definition) is 1. The molecule has 4 heteroatoms. The Morgan fingerprint density at radius 1 is 1.32 bits per heavy atom. The van der Waals surface area contributed by atoms with Gasteiger partial charge in [-0.05, 0) is 37.6 Å². The molecule has 0 saturated heterocycles. The minimum atomic E-state index is -0.0606. The molecule has 0 radical (unpaired) electrons. The van der Waals surface area contributed by atoms with Crippen molar-refractivity contribution < 1.29 is 9.21 Å². The van der Waals surface area contributed by atoms with E-state index >= 15 is 0 Å². The third kappa shape index (κ3) is 2.78. The summed E-state index contributed by atoms with van der Waals surface area (Å²) in [5, 5.41) is 0. The molecule has 0 aliphatic heterocycles. The lowest BCUT2D eigenvalue weighted by molar-refractivity contribution is 0.0741. The number of aryl methyl sites for hydroxylation is 1. The van der Waals surface area contributed by atoms with Crippen LogP contribution in [-0.2, 0) is 6.54 Å². The molecule has 1 amide bonds. The Morgan fingerprint density at radius 3 is 2.68 bits per heavy atom. The SMILES string of the molecule is CCN(Cc1ccco1)C(=O)c1c(C)cccc1N. The van der Waals surface area contributed by atoms with E-state index < -0.39 is 0 Å². The topological polar surface area (TPSA) is 59.5 Å². The van der Waals surface area contributed by atoms with Gasteiger partial charge in [-0.25, -0.2) is 0 Å². The summed E-state index contributed by atoms with van der Waals surface area (Å²) in [7, 11) is 0. The highest BCUT2D eigenvalue weighted by atomic mass is 16.3. The Kier molecular flexibility index (Phi) is 3.90. The van der Waals surface area contributed by atoms with Crippen molar-refractivity contribution in [3.05, 3.63) is 53.5 Å². The van der Waals surface area contributed by atoms with Crippen LogP contribution in [-0.4, -0.2) is 17.4 Å². The number of amides is 1. The number of carbonyl (C=O) groups is 1. The van der Waals surface area contributed by atoms with Crippen molar-refractivity contribution in [1.29, 1.82) is 0 Å². The normalized spacial score (nSPS) is 10.4. The molecule has 2 rings (SSSR count). The third-order valence-corrected chi connectivity index (χ3v) is 3.11. The summed E-state index contributed by atoms with van der Waals surface area (Å²) in [4.78, 5) is 14.3. The Hall–Kier alpha value is -2.23. The van der Waals surface area contributed by atoms with Gasteiger partial charge in [0.25, 0.3) is 5.91 Å². The van der Waals surface area contributed by atoms with Crippen LogP contribution in [0.1, 0.15) is 28.6 Å². The molecule has 2 N–H and O–H groups in total. The molecular formula is C15H18N2O2. The largest absolute Gasteiger partial charge is 0.467 e. The monoisotopic (exact) mass is 258 g/mol. The van der Waals surface area contributed by atoms with Gasteiger partial charge >= 0.3 is 0 Å². The first-order chi connectivity index (χ1) is 9.13. The van der Waals surface area contributed by atoms with Crippen LogP contribution in [0.5, 0.6) is 0 Å². The Labute approximate surface area is 112 Å². The first kappa shape index (κ1) is 13.2. The molecule has 2 aromatic rings. The molecule has 0 saturated carbocycles. The second-order valence-electron chi connectivity index (χ2n) is 4.44. The average molecular weight is 258 g/mol. The Balaban J connectivity index is 2.26. The summed E-state index contributed by atoms with van der Waals surface area (Å²) < 4.78 is 5.29. The fourth-order valence-electron chi connectivity index (χ4n) is 2.06. The minimum Gasteiger partial charge on any atom is -0.467 e. The van der Waals surface area contributed by atoms with Crippen LogP contribution in [0.4, 0.5) is 5.69 Å². The summed E-state index contributed by atoms with van der Waals surface area (Å²) in [5.41, 5.74) is 7.90. The highest BCUT2D eigenvalue weighted by Crippen LogP contribution is 2.19. The van der Waals surface area contributed by atoms with Crippen LogP contribution < -0.4 is 5.73 Å². The lowest BCUT2D eigenvalue weighted by Crippen LogP contribution is -2.31. The molecule has 0 fully saturated rings. The molecule has 100 valence electrons. The van der Waals surface area contributed by atoms with E-state index in [0.717, 1.165) is 11.3 Å². The van der Waals surface area contributed by atoms with E-state index in [1.807, 2.05) is 38.1 Å². The first-order valence-electron chi connectivity index (χ1n) is 6.30. The van der Waals surface area contributed by atoms with Crippen LogP contribution in [0.25, 0.3) is 0 Å². The molecule has 19 heavy (non-hydrogen) atoms. The van der Waals surface area contributed by atoms with Crippen molar-refractivity contribution in [3.63, 3.8) is 0 Å². The van der Waals surface area contributed by atoms with Gasteiger partial charge in [-0.2, -0.15) is 0 Å². The number of hydrogen-bond acceptors (Lipinski definition) is 3. The third-order valence-electron chi connectivity index (χ3n) is 3.11. The van der Waals surface area contributed by atoms with Crippen LogP contribution in [0, 0.1) is 6.92 Å². The zero-order chi connectivity index (χ0) is 13.8. The minimum absolute atomic E-state index is 0.0606. The van der Waals surface area contributed by atoms with Crippen LogP contribution in [0.2, 0.25) is 0 Å². The summed E-state index contributed by atoms with van der Waals surface area (Å²) in [5.74, 6) is 0.705. The van der Waals surface area contributed by atoms with Crippen molar-refractivity contribution >= 4 is 11.6 Å². The van der Waals surface area contributed by atoms with E-state index in [2.05, 4.69) is 0 Å². The summed E-state index contributed by atoms with van der Waals surface area (Å²) in [6.07, 6.45) is 1.61. The van der Waals surface area contributed by atoms with Gasteiger partial charge in [0.1, 0.15) is 5.76 Å².